The number of hydrogen-bond donors (Lipinski definition) is 2. The molecule has 0 aliphatic heterocycles. The SMILES string of the molecule is CCCCCCCCCCCCCCCC(N=C(N)N(C)C)C(=O)O. The molecule has 0 aromatic heterocycles. The topological polar surface area (TPSA) is 78.9 Å². The van der Waals surface area contributed by atoms with Gasteiger partial charge in [0, 0.05) is 14.1 Å². The van der Waals surface area contributed by atoms with Gasteiger partial charge in [-0.2, -0.15) is 0 Å². The highest BCUT2D eigenvalue weighted by Crippen LogP contribution is 2.14. The van der Waals surface area contributed by atoms with Crippen LogP contribution in [0.5, 0.6) is 0 Å². The number of unbranched alkanes of at least 4 members (excludes halogenated alkanes) is 12. The Labute approximate surface area is 155 Å². The van der Waals surface area contributed by atoms with Gasteiger partial charge in [0.1, 0.15) is 0 Å². The van der Waals surface area contributed by atoms with Gasteiger partial charge in [-0.3, -0.25) is 0 Å². The third-order valence-electron chi connectivity index (χ3n) is 4.61. The molecule has 0 radical (unpaired) electrons. The molecular weight excluding hydrogens is 314 g/mol. The average Bonchev–Trinajstić information content (AvgIpc) is 2.57. The molecule has 0 aliphatic rings. The Morgan fingerprint density at radius 1 is 0.880 bits per heavy atom. The lowest BCUT2D eigenvalue weighted by Gasteiger charge is -2.14. The number of carbonyl (C=O) groups is 1. The van der Waals surface area contributed by atoms with E-state index >= 15 is 0 Å². The summed E-state index contributed by atoms with van der Waals surface area (Å²) in [6.07, 6.45) is 17.3. The second-order valence-corrected chi connectivity index (χ2v) is 7.27. The molecule has 5 heteroatoms. The van der Waals surface area contributed by atoms with Gasteiger partial charge >= 0.3 is 5.97 Å². The summed E-state index contributed by atoms with van der Waals surface area (Å²) in [5, 5.41) is 9.21. The van der Waals surface area contributed by atoms with Crippen LogP contribution >= 0.6 is 0 Å². The number of nitrogens with two attached hydrogens (primary N) is 1. The number of nitrogens with zero attached hydrogens (tertiary/aromatic N) is 2. The first kappa shape index (κ1) is 23.7. The zero-order valence-corrected chi connectivity index (χ0v) is 16.8. The zero-order chi connectivity index (χ0) is 18.9. The lowest BCUT2D eigenvalue weighted by Crippen LogP contribution is -2.33. The Morgan fingerprint density at radius 3 is 1.64 bits per heavy atom. The quantitative estimate of drug-likeness (QED) is 0.237. The first-order valence-electron chi connectivity index (χ1n) is 10.2. The van der Waals surface area contributed by atoms with Crippen molar-refractivity contribution < 1.29 is 9.90 Å². The summed E-state index contributed by atoms with van der Waals surface area (Å²) in [4.78, 5) is 17.0. The van der Waals surface area contributed by atoms with Crippen LogP contribution in [0.2, 0.25) is 0 Å². The van der Waals surface area contributed by atoms with E-state index in [0.29, 0.717) is 6.42 Å². The number of guanidine groups is 1. The fraction of sp³-hybridized carbons (Fsp3) is 0.900. The minimum absolute atomic E-state index is 0.280. The monoisotopic (exact) mass is 355 g/mol. The van der Waals surface area contributed by atoms with E-state index in [2.05, 4.69) is 11.9 Å². The van der Waals surface area contributed by atoms with Gasteiger partial charge in [-0.1, -0.05) is 90.4 Å². The zero-order valence-electron chi connectivity index (χ0n) is 16.8. The molecule has 0 aromatic carbocycles. The summed E-state index contributed by atoms with van der Waals surface area (Å²) in [5.41, 5.74) is 5.71. The minimum atomic E-state index is -0.885. The molecule has 0 saturated carbocycles. The van der Waals surface area contributed by atoms with Gasteiger partial charge in [-0.15, -0.1) is 0 Å². The average molecular weight is 356 g/mol. The lowest BCUT2D eigenvalue weighted by atomic mass is 10.0. The fourth-order valence-corrected chi connectivity index (χ4v) is 2.87. The van der Waals surface area contributed by atoms with Crippen molar-refractivity contribution in [2.75, 3.05) is 14.1 Å². The molecular formula is C20H41N3O2. The van der Waals surface area contributed by atoms with E-state index < -0.39 is 12.0 Å². The summed E-state index contributed by atoms with van der Waals surface area (Å²) in [6, 6.07) is -0.713. The number of aliphatic imine (C=N–C) groups is 1. The normalized spacial score (nSPS) is 13.0. The molecule has 0 spiro atoms. The first-order valence-corrected chi connectivity index (χ1v) is 10.2. The fourth-order valence-electron chi connectivity index (χ4n) is 2.87. The Morgan fingerprint density at radius 2 is 1.28 bits per heavy atom. The van der Waals surface area contributed by atoms with Crippen LogP contribution in [0.4, 0.5) is 0 Å². The number of hydrogen-bond acceptors (Lipinski definition) is 2. The molecule has 1 unspecified atom stereocenters. The molecule has 0 aliphatic carbocycles. The van der Waals surface area contributed by atoms with E-state index in [9.17, 15) is 9.90 Å². The van der Waals surface area contributed by atoms with E-state index in [1.54, 1.807) is 19.0 Å². The van der Waals surface area contributed by atoms with Crippen LogP contribution in [0.15, 0.2) is 4.99 Å². The maximum atomic E-state index is 11.2. The third-order valence-corrected chi connectivity index (χ3v) is 4.61. The van der Waals surface area contributed by atoms with Crippen molar-refractivity contribution in [2.24, 2.45) is 10.7 Å². The van der Waals surface area contributed by atoms with Crippen molar-refractivity contribution in [3.8, 4) is 0 Å². The predicted molar refractivity (Wildman–Crippen MR) is 107 cm³/mol. The maximum Gasteiger partial charge on any atom is 0.328 e. The third kappa shape index (κ3) is 14.8. The van der Waals surface area contributed by atoms with Gasteiger partial charge in [0.05, 0.1) is 0 Å². The van der Waals surface area contributed by atoms with Gasteiger partial charge in [-0.25, -0.2) is 9.79 Å². The molecule has 0 saturated heterocycles. The van der Waals surface area contributed by atoms with Crippen molar-refractivity contribution in [1.82, 2.24) is 4.90 Å². The summed E-state index contributed by atoms with van der Waals surface area (Å²) in [6.45, 7) is 2.26. The molecule has 0 heterocycles. The molecule has 148 valence electrons. The van der Waals surface area contributed by atoms with Crippen LogP contribution in [-0.2, 0) is 4.79 Å². The van der Waals surface area contributed by atoms with E-state index in [0.717, 1.165) is 12.8 Å². The number of rotatable bonds is 16. The number of carboxylic acids is 1. The van der Waals surface area contributed by atoms with Crippen molar-refractivity contribution in [2.45, 2.75) is 103 Å². The molecule has 3 N–H and O–H groups in total. The van der Waals surface area contributed by atoms with Crippen molar-refractivity contribution in [1.29, 1.82) is 0 Å². The van der Waals surface area contributed by atoms with Crippen molar-refractivity contribution in [3.63, 3.8) is 0 Å². The highest BCUT2D eigenvalue weighted by Gasteiger charge is 2.16. The summed E-state index contributed by atoms with van der Waals surface area (Å²) < 4.78 is 0. The second kappa shape index (κ2) is 16.2. The van der Waals surface area contributed by atoms with Gasteiger partial charge in [0.25, 0.3) is 0 Å². The Kier molecular flexibility index (Phi) is 15.4. The van der Waals surface area contributed by atoms with E-state index in [4.69, 9.17) is 5.73 Å². The predicted octanol–water partition coefficient (Wildman–Crippen LogP) is 4.80. The Hall–Kier alpha value is -1.26. The van der Waals surface area contributed by atoms with Crippen LogP contribution in [0.1, 0.15) is 96.8 Å². The van der Waals surface area contributed by atoms with E-state index in [-0.39, 0.29) is 5.96 Å². The van der Waals surface area contributed by atoms with Gasteiger partial charge < -0.3 is 15.7 Å². The number of aliphatic carboxylic acids is 1. The molecule has 0 bridgehead atoms. The van der Waals surface area contributed by atoms with Crippen LogP contribution in [0.3, 0.4) is 0 Å². The van der Waals surface area contributed by atoms with Gasteiger partial charge in [-0.05, 0) is 6.42 Å². The van der Waals surface area contributed by atoms with Crippen LogP contribution in [0, 0.1) is 0 Å². The molecule has 5 nitrogen and oxygen atoms in total. The van der Waals surface area contributed by atoms with E-state index in [1.165, 1.54) is 70.6 Å². The number of carboxylic acid groups (broad SMARTS) is 1. The highest BCUT2D eigenvalue weighted by atomic mass is 16.4. The van der Waals surface area contributed by atoms with Crippen molar-refractivity contribution in [3.05, 3.63) is 0 Å². The Bertz CT molecular complexity index is 357. The molecule has 0 rings (SSSR count). The first-order chi connectivity index (χ1) is 12.0. The smallest absolute Gasteiger partial charge is 0.328 e. The molecule has 0 amide bonds. The van der Waals surface area contributed by atoms with Gasteiger partial charge in [0.15, 0.2) is 12.0 Å². The Balaban J connectivity index is 3.55. The largest absolute Gasteiger partial charge is 0.480 e. The highest BCUT2D eigenvalue weighted by molar-refractivity contribution is 5.82. The maximum absolute atomic E-state index is 11.2. The lowest BCUT2D eigenvalue weighted by molar-refractivity contribution is -0.138. The second-order valence-electron chi connectivity index (χ2n) is 7.27. The molecule has 0 fully saturated rings. The molecule has 25 heavy (non-hydrogen) atoms. The molecule has 0 aromatic rings. The van der Waals surface area contributed by atoms with E-state index in [1.807, 2.05) is 0 Å². The standard InChI is InChI=1S/C20H41N3O2/c1-4-5-6-7-8-9-10-11-12-13-14-15-16-17-18(19(24)25)22-20(21)23(2)3/h18H,4-17H2,1-3H3,(H2,21,22)(H,24,25). The van der Waals surface area contributed by atoms with Gasteiger partial charge in [0.2, 0.25) is 0 Å². The summed E-state index contributed by atoms with van der Waals surface area (Å²) in [5.74, 6) is -0.606. The minimum Gasteiger partial charge on any atom is -0.480 e. The van der Waals surface area contributed by atoms with Crippen LogP contribution < -0.4 is 5.73 Å². The van der Waals surface area contributed by atoms with Crippen LogP contribution in [0.25, 0.3) is 0 Å². The van der Waals surface area contributed by atoms with Crippen molar-refractivity contribution >= 4 is 11.9 Å². The van der Waals surface area contributed by atoms with Crippen LogP contribution in [-0.4, -0.2) is 42.1 Å². The summed E-state index contributed by atoms with van der Waals surface area (Å²) >= 11 is 0. The summed E-state index contributed by atoms with van der Waals surface area (Å²) in [7, 11) is 3.53. The molecule has 1 atom stereocenters.